The van der Waals surface area contributed by atoms with Gasteiger partial charge in [-0.15, -0.1) is 0 Å². The molecular weight excluding hydrogens is 459 g/mol. The molecule has 7 nitrogen and oxygen atoms in total. The second kappa shape index (κ2) is 9.28. The molecule has 0 aromatic heterocycles. The fourth-order valence-electron chi connectivity index (χ4n) is 5.54. The average Bonchev–Trinajstić information content (AvgIpc) is 3.60. The zero-order valence-corrected chi connectivity index (χ0v) is 19.9. The Morgan fingerprint density at radius 1 is 1.29 bits per heavy atom. The molecule has 1 saturated carbocycles. The van der Waals surface area contributed by atoms with Gasteiger partial charge in [0.15, 0.2) is 0 Å². The van der Waals surface area contributed by atoms with E-state index in [0.717, 1.165) is 48.8 Å². The van der Waals surface area contributed by atoms with E-state index in [1.807, 2.05) is 0 Å². The molecule has 0 amide bonds. The minimum atomic E-state index is -2.58. The van der Waals surface area contributed by atoms with Gasteiger partial charge < -0.3 is 14.7 Å². The van der Waals surface area contributed by atoms with Gasteiger partial charge in [-0.2, -0.15) is 0 Å². The van der Waals surface area contributed by atoms with Gasteiger partial charge in [0, 0.05) is 12.5 Å². The third kappa shape index (κ3) is 4.32. The quantitative estimate of drug-likeness (QED) is 0.555. The second-order valence-corrected chi connectivity index (χ2v) is 10.3. The number of carboxylic acid groups (broad SMARTS) is 1. The summed E-state index contributed by atoms with van der Waals surface area (Å²) in [5.74, 6) is -0.425. The SMILES string of the molecule is CCN1CCC[C@H](Cc2cc(F)ccc2N(c2ccc3c(c2C(=O)O)OC[C@@H]2C[C@H]32)S(=O)O)C1. The number of hydrogen-bond acceptors (Lipinski definition) is 4. The van der Waals surface area contributed by atoms with E-state index in [0.29, 0.717) is 30.2 Å². The van der Waals surface area contributed by atoms with Crippen molar-refractivity contribution in [2.45, 2.75) is 38.5 Å². The van der Waals surface area contributed by atoms with Gasteiger partial charge in [0.1, 0.15) is 17.1 Å². The molecule has 1 unspecified atom stereocenters. The van der Waals surface area contributed by atoms with Crippen LogP contribution in [-0.4, -0.2) is 51.0 Å². The summed E-state index contributed by atoms with van der Waals surface area (Å²) >= 11 is -2.58. The predicted octanol–water partition coefficient (Wildman–Crippen LogP) is 4.57. The molecule has 0 spiro atoms. The molecule has 2 aromatic rings. The van der Waals surface area contributed by atoms with Crippen LogP contribution in [0.3, 0.4) is 0 Å². The Balaban J connectivity index is 1.57. The first-order chi connectivity index (χ1) is 16.4. The van der Waals surface area contributed by atoms with E-state index in [2.05, 4.69) is 11.8 Å². The van der Waals surface area contributed by atoms with Crippen molar-refractivity contribution >= 4 is 28.6 Å². The van der Waals surface area contributed by atoms with Gasteiger partial charge in [-0.05, 0) is 86.0 Å². The number of nitrogens with zero attached hydrogens (tertiary/aromatic N) is 2. The molecule has 0 radical (unpaired) electrons. The largest absolute Gasteiger partial charge is 0.492 e. The van der Waals surface area contributed by atoms with E-state index in [1.165, 1.54) is 18.2 Å². The molecule has 182 valence electrons. The molecule has 4 atom stereocenters. The number of ether oxygens (including phenoxy) is 1. The van der Waals surface area contributed by atoms with E-state index >= 15 is 0 Å². The van der Waals surface area contributed by atoms with Gasteiger partial charge in [-0.25, -0.2) is 17.7 Å². The van der Waals surface area contributed by atoms with Crippen molar-refractivity contribution in [1.82, 2.24) is 4.90 Å². The summed E-state index contributed by atoms with van der Waals surface area (Å²) in [6.07, 6.45) is 3.53. The summed E-state index contributed by atoms with van der Waals surface area (Å²) in [5.41, 5.74) is 1.69. The Hall–Kier alpha value is -2.49. The number of hydrogen-bond donors (Lipinski definition) is 2. The monoisotopic (exact) mass is 488 g/mol. The van der Waals surface area contributed by atoms with Gasteiger partial charge in [0.05, 0.1) is 18.0 Å². The Morgan fingerprint density at radius 2 is 2.09 bits per heavy atom. The Labute approximate surface area is 200 Å². The molecule has 3 aliphatic rings. The first kappa shape index (κ1) is 23.3. The van der Waals surface area contributed by atoms with Crippen LogP contribution in [0.2, 0.25) is 0 Å². The van der Waals surface area contributed by atoms with Gasteiger partial charge in [0.2, 0.25) is 0 Å². The molecule has 2 heterocycles. The highest BCUT2D eigenvalue weighted by atomic mass is 32.2. The van der Waals surface area contributed by atoms with E-state index in [1.54, 1.807) is 12.1 Å². The van der Waals surface area contributed by atoms with E-state index in [-0.39, 0.29) is 28.8 Å². The highest BCUT2D eigenvalue weighted by Crippen LogP contribution is 2.56. The average molecular weight is 489 g/mol. The number of carboxylic acids is 1. The van der Waals surface area contributed by atoms with Crippen molar-refractivity contribution in [1.29, 1.82) is 0 Å². The van der Waals surface area contributed by atoms with Crippen LogP contribution in [0.1, 0.15) is 53.6 Å². The number of carbonyl (C=O) groups is 1. The van der Waals surface area contributed by atoms with Crippen molar-refractivity contribution in [3.8, 4) is 5.75 Å². The number of halogens is 1. The van der Waals surface area contributed by atoms with Crippen molar-refractivity contribution in [2.75, 3.05) is 30.5 Å². The minimum absolute atomic E-state index is 0.0675. The summed E-state index contributed by atoms with van der Waals surface area (Å²) in [5, 5.41) is 10.1. The van der Waals surface area contributed by atoms with Crippen molar-refractivity contribution in [3.63, 3.8) is 0 Å². The van der Waals surface area contributed by atoms with Gasteiger partial charge in [0.25, 0.3) is 11.3 Å². The zero-order chi connectivity index (χ0) is 24.0. The predicted molar refractivity (Wildman–Crippen MR) is 128 cm³/mol. The lowest BCUT2D eigenvalue weighted by Crippen LogP contribution is -2.36. The van der Waals surface area contributed by atoms with Crippen LogP contribution in [-0.2, 0) is 17.7 Å². The normalized spacial score (nSPS) is 24.5. The number of likely N-dealkylation sites (tertiary alicyclic amines) is 1. The summed E-state index contributed by atoms with van der Waals surface area (Å²) in [6.45, 7) is 5.42. The molecule has 2 aromatic carbocycles. The maximum absolute atomic E-state index is 14.3. The molecular formula is C25H29FN2O5S. The molecule has 1 saturated heterocycles. The van der Waals surface area contributed by atoms with Gasteiger partial charge in [-0.3, -0.25) is 4.55 Å². The number of rotatable bonds is 7. The lowest BCUT2D eigenvalue weighted by atomic mass is 9.90. The standard InChI is InChI=1S/C25H29FN2O5S/c1-2-27-9-3-4-15(13-27)10-16-11-18(26)5-7-21(16)28(34(31)32)22-8-6-19-20-12-17(20)14-33-24(19)23(22)25(29)30/h5-8,11,15,17,20H,2-4,9-10,12-14H2,1H3,(H,29,30)(H,31,32)/t15-,17+,20+/m1/s1. The summed E-state index contributed by atoms with van der Waals surface area (Å²) in [7, 11) is 0. The first-order valence-corrected chi connectivity index (χ1v) is 12.9. The third-order valence-electron chi connectivity index (χ3n) is 7.34. The van der Waals surface area contributed by atoms with Crippen molar-refractivity contribution in [3.05, 3.63) is 52.8 Å². The van der Waals surface area contributed by atoms with Crippen LogP contribution >= 0.6 is 0 Å². The molecule has 2 fully saturated rings. The lowest BCUT2D eigenvalue weighted by Gasteiger charge is -2.33. The topological polar surface area (TPSA) is 90.3 Å². The Bertz CT molecular complexity index is 1140. The van der Waals surface area contributed by atoms with Gasteiger partial charge in [-0.1, -0.05) is 13.0 Å². The molecule has 34 heavy (non-hydrogen) atoms. The fraction of sp³-hybridized carbons (Fsp3) is 0.480. The molecule has 2 aliphatic heterocycles. The maximum Gasteiger partial charge on any atom is 0.341 e. The summed E-state index contributed by atoms with van der Waals surface area (Å²) < 4.78 is 44.2. The third-order valence-corrected chi connectivity index (χ3v) is 8.04. The van der Waals surface area contributed by atoms with Crippen LogP contribution in [0.25, 0.3) is 0 Å². The number of fused-ring (bicyclic) bond motifs is 3. The summed E-state index contributed by atoms with van der Waals surface area (Å²) in [4.78, 5) is 14.7. The van der Waals surface area contributed by atoms with Crippen LogP contribution in [0.5, 0.6) is 5.75 Å². The first-order valence-electron chi connectivity index (χ1n) is 11.8. The highest BCUT2D eigenvalue weighted by Gasteiger charge is 2.46. The zero-order valence-electron chi connectivity index (χ0n) is 19.1. The molecule has 0 bridgehead atoms. The molecule has 9 heteroatoms. The van der Waals surface area contributed by atoms with Crippen molar-refractivity contribution in [2.24, 2.45) is 11.8 Å². The highest BCUT2D eigenvalue weighted by molar-refractivity contribution is 7.81. The number of anilines is 2. The smallest absolute Gasteiger partial charge is 0.341 e. The molecule has 1 aliphatic carbocycles. The second-order valence-electron chi connectivity index (χ2n) is 9.50. The summed E-state index contributed by atoms with van der Waals surface area (Å²) in [6, 6.07) is 7.46. The number of piperidine rings is 1. The van der Waals surface area contributed by atoms with Crippen molar-refractivity contribution < 1.29 is 27.8 Å². The number of aromatic carboxylic acids is 1. The molecule has 5 rings (SSSR count). The van der Waals surface area contributed by atoms with Crippen LogP contribution < -0.4 is 9.04 Å². The van der Waals surface area contributed by atoms with Crippen LogP contribution in [0.15, 0.2) is 30.3 Å². The van der Waals surface area contributed by atoms with Crippen LogP contribution in [0, 0.1) is 17.7 Å². The fourth-order valence-corrected chi connectivity index (χ4v) is 6.21. The van der Waals surface area contributed by atoms with E-state index < -0.39 is 23.1 Å². The van der Waals surface area contributed by atoms with Gasteiger partial charge >= 0.3 is 5.97 Å². The Morgan fingerprint density at radius 3 is 2.82 bits per heavy atom. The Kier molecular flexibility index (Phi) is 6.35. The lowest BCUT2D eigenvalue weighted by molar-refractivity contribution is 0.0692. The minimum Gasteiger partial charge on any atom is -0.492 e. The van der Waals surface area contributed by atoms with E-state index in [9.17, 15) is 23.1 Å². The van der Waals surface area contributed by atoms with Crippen LogP contribution in [0.4, 0.5) is 15.8 Å². The maximum atomic E-state index is 14.3. The van der Waals surface area contributed by atoms with E-state index in [4.69, 9.17) is 4.74 Å². The number of benzene rings is 2. The molecule has 2 N–H and O–H groups in total.